The lowest BCUT2D eigenvalue weighted by Crippen LogP contribution is -2.02. The van der Waals surface area contributed by atoms with Crippen molar-refractivity contribution in [2.24, 2.45) is 0 Å². The van der Waals surface area contributed by atoms with Crippen molar-refractivity contribution in [1.82, 2.24) is 4.98 Å². The lowest BCUT2D eigenvalue weighted by atomic mass is 10.1. The van der Waals surface area contributed by atoms with Gasteiger partial charge in [0.1, 0.15) is 5.75 Å². The average molecular weight is 300 g/mol. The molecule has 1 heterocycles. The van der Waals surface area contributed by atoms with Gasteiger partial charge in [-0.25, -0.2) is 4.98 Å². The van der Waals surface area contributed by atoms with Crippen molar-refractivity contribution in [1.29, 1.82) is 5.26 Å². The van der Waals surface area contributed by atoms with E-state index < -0.39 is 0 Å². The van der Waals surface area contributed by atoms with Gasteiger partial charge in [0.2, 0.25) is 0 Å². The van der Waals surface area contributed by atoms with Crippen molar-refractivity contribution in [3.05, 3.63) is 44.9 Å². The SMILES string of the molecule is CCc1nc(CCOc2cc(C)ccc2C)sc1CC#N. The fourth-order valence-electron chi connectivity index (χ4n) is 2.14. The summed E-state index contributed by atoms with van der Waals surface area (Å²) in [6, 6.07) is 8.44. The molecule has 21 heavy (non-hydrogen) atoms. The summed E-state index contributed by atoms with van der Waals surface area (Å²) in [5.41, 5.74) is 3.41. The highest BCUT2D eigenvalue weighted by atomic mass is 32.1. The van der Waals surface area contributed by atoms with Crippen LogP contribution < -0.4 is 4.74 Å². The van der Waals surface area contributed by atoms with Gasteiger partial charge in [-0.3, -0.25) is 0 Å². The monoisotopic (exact) mass is 300 g/mol. The van der Waals surface area contributed by atoms with Gasteiger partial charge in [0.25, 0.3) is 0 Å². The van der Waals surface area contributed by atoms with Gasteiger partial charge in [-0.2, -0.15) is 5.26 Å². The smallest absolute Gasteiger partial charge is 0.122 e. The normalized spacial score (nSPS) is 10.4. The van der Waals surface area contributed by atoms with Crippen LogP contribution in [0.25, 0.3) is 0 Å². The minimum absolute atomic E-state index is 0.457. The maximum atomic E-state index is 8.83. The fourth-order valence-corrected chi connectivity index (χ4v) is 3.21. The molecule has 4 heteroatoms. The fraction of sp³-hybridized carbons (Fsp3) is 0.412. The van der Waals surface area contributed by atoms with Crippen LogP contribution in [0.4, 0.5) is 0 Å². The molecule has 0 unspecified atom stereocenters. The number of ether oxygens (including phenoxy) is 1. The van der Waals surface area contributed by atoms with Gasteiger partial charge in [0.05, 0.1) is 29.8 Å². The number of thiazole rings is 1. The van der Waals surface area contributed by atoms with Crippen molar-refractivity contribution >= 4 is 11.3 Å². The maximum absolute atomic E-state index is 8.83. The first-order chi connectivity index (χ1) is 10.1. The largest absolute Gasteiger partial charge is 0.493 e. The predicted octanol–water partition coefficient (Wildman–Crippen LogP) is 4.01. The van der Waals surface area contributed by atoms with Crippen molar-refractivity contribution < 1.29 is 4.74 Å². The summed E-state index contributed by atoms with van der Waals surface area (Å²) < 4.78 is 5.87. The van der Waals surface area contributed by atoms with Crippen LogP contribution in [0, 0.1) is 25.2 Å². The highest BCUT2D eigenvalue weighted by Gasteiger charge is 2.09. The molecule has 0 spiro atoms. The number of hydrogen-bond donors (Lipinski definition) is 0. The quantitative estimate of drug-likeness (QED) is 0.809. The van der Waals surface area contributed by atoms with Crippen molar-refractivity contribution in [2.45, 2.75) is 40.0 Å². The van der Waals surface area contributed by atoms with Gasteiger partial charge >= 0.3 is 0 Å². The van der Waals surface area contributed by atoms with Crippen LogP contribution in [0.2, 0.25) is 0 Å². The Kier molecular flexibility index (Phi) is 5.35. The van der Waals surface area contributed by atoms with E-state index in [-0.39, 0.29) is 0 Å². The maximum Gasteiger partial charge on any atom is 0.122 e. The summed E-state index contributed by atoms with van der Waals surface area (Å²) in [6.45, 7) is 6.81. The van der Waals surface area contributed by atoms with Crippen LogP contribution in [0.1, 0.15) is 33.6 Å². The van der Waals surface area contributed by atoms with E-state index in [0.717, 1.165) is 39.7 Å². The Morgan fingerprint density at radius 3 is 2.86 bits per heavy atom. The molecule has 0 aliphatic rings. The van der Waals surface area contributed by atoms with Gasteiger partial charge in [0.15, 0.2) is 0 Å². The molecule has 0 radical (unpaired) electrons. The molecular formula is C17H20N2OS. The number of aryl methyl sites for hydroxylation is 3. The van der Waals surface area contributed by atoms with Crippen LogP contribution >= 0.6 is 11.3 Å². The molecule has 0 aliphatic heterocycles. The van der Waals surface area contributed by atoms with Crippen molar-refractivity contribution in [3.8, 4) is 11.8 Å². The Hall–Kier alpha value is -1.86. The first kappa shape index (κ1) is 15.5. The second-order valence-electron chi connectivity index (χ2n) is 5.03. The van der Waals surface area contributed by atoms with Crippen molar-refractivity contribution in [3.63, 3.8) is 0 Å². The molecule has 0 saturated carbocycles. The number of rotatable bonds is 6. The first-order valence-electron chi connectivity index (χ1n) is 7.18. The van der Waals surface area contributed by atoms with E-state index in [1.165, 1.54) is 5.56 Å². The predicted molar refractivity (Wildman–Crippen MR) is 85.9 cm³/mol. The first-order valence-corrected chi connectivity index (χ1v) is 8.00. The zero-order valence-corrected chi connectivity index (χ0v) is 13.6. The molecule has 110 valence electrons. The van der Waals surface area contributed by atoms with E-state index in [9.17, 15) is 0 Å². The zero-order chi connectivity index (χ0) is 15.2. The lowest BCUT2D eigenvalue weighted by Gasteiger charge is -2.08. The van der Waals surface area contributed by atoms with E-state index in [1.54, 1.807) is 11.3 Å². The second-order valence-corrected chi connectivity index (χ2v) is 6.20. The van der Waals surface area contributed by atoms with E-state index in [4.69, 9.17) is 10.00 Å². The third-order valence-corrected chi connectivity index (χ3v) is 4.47. The van der Waals surface area contributed by atoms with Crippen LogP contribution in [0.5, 0.6) is 5.75 Å². The van der Waals surface area contributed by atoms with E-state index in [2.05, 4.69) is 50.0 Å². The topological polar surface area (TPSA) is 45.9 Å². The van der Waals surface area contributed by atoms with Gasteiger partial charge in [0, 0.05) is 11.3 Å². The zero-order valence-electron chi connectivity index (χ0n) is 12.8. The molecule has 1 aromatic carbocycles. The van der Waals surface area contributed by atoms with Gasteiger partial charge in [-0.05, 0) is 37.5 Å². The Bertz CT molecular complexity index is 655. The Labute approximate surface area is 130 Å². The standard InChI is InChI=1S/C17H20N2OS/c1-4-14-16(7-9-18)21-17(19-14)8-10-20-15-11-12(2)5-6-13(15)3/h5-6,11H,4,7-8,10H2,1-3H3. The average Bonchev–Trinajstić information content (AvgIpc) is 2.85. The molecule has 0 aliphatic carbocycles. The highest BCUT2D eigenvalue weighted by molar-refractivity contribution is 7.11. The Morgan fingerprint density at radius 1 is 1.33 bits per heavy atom. The van der Waals surface area contributed by atoms with E-state index in [1.807, 2.05) is 0 Å². The van der Waals surface area contributed by atoms with Gasteiger partial charge < -0.3 is 4.74 Å². The van der Waals surface area contributed by atoms with Crippen LogP contribution in [-0.4, -0.2) is 11.6 Å². The highest BCUT2D eigenvalue weighted by Crippen LogP contribution is 2.22. The molecule has 0 saturated heterocycles. The molecule has 0 bridgehead atoms. The Balaban J connectivity index is 1.97. The number of nitrogens with zero attached hydrogens (tertiary/aromatic N) is 2. The molecule has 2 rings (SSSR count). The second kappa shape index (κ2) is 7.24. The summed E-state index contributed by atoms with van der Waals surface area (Å²) in [6.07, 6.45) is 2.13. The molecular weight excluding hydrogens is 280 g/mol. The molecule has 0 N–H and O–H groups in total. The summed E-state index contributed by atoms with van der Waals surface area (Å²) in [5, 5.41) is 9.89. The van der Waals surface area contributed by atoms with E-state index >= 15 is 0 Å². The van der Waals surface area contributed by atoms with Crippen LogP contribution in [0.3, 0.4) is 0 Å². The van der Waals surface area contributed by atoms with Gasteiger partial charge in [-0.15, -0.1) is 11.3 Å². The molecule has 0 fully saturated rings. The molecule has 3 nitrogen and oxygen atoms in total. The van der Waals surface area contributed by atoms with Crippen LogP contribution in [0.15, 0.2) is 18.2 Å². The molecule has 2 aromatic rings. The number of hydrogen-bond acceptors (Lipinski definition) is 4. The number of aromatic nitrogens is 1. The van der Waals surface area contributed by atoms with Crippen LogP contribution in [-0.2, 0) is 19.3 Å². The third-order valence-electron chi connectivity index (χ3n) is 3.31. The number of benzene rings is 1. The number of nitriles is 1. The summed E-state index contributed by atoms with van der Waals surface area (Å²) in [4.78, 5) is 5.70. The minimum Gasteiger partial charge on any atom is -0.493 e. The summed E-state index contributed by atoms with van der Waals surface area (Å²) >= 11 is 1.64. The molecule has 0 amide bonds. The summed E-state index contributed by atoms with van der Waals surface area (Å²) in [5.74, 6) is 0.944. The Morgan fingerprint density at radius 2 is 2.14 bits per heavy atom. The van der Waals surface area contributed by atoms with E-state index in [0.29, 0.717) is 13.0 Å². The van der Waals surface area contributed by atoms with Crippen molar-refractivity contribution in [2.75, 3.05) is 6.61 Å². The lowest BCUT2D eigenvalue weighted by molar-refractivity contribution is 0.319. The molecule has 1 aromatic heterocycles. The minimum atomic E-state index is 0.457. The van der Waals surface area contributed by atoms with Gasteiger partial charge in [-0.1, -0.05) is 19.1 Å². The third kappa shape index (κ3) is 4.05. The summed E-state index contributed by atoms with van der Waals surface area (Å²) in [7, 11) is 0. The molecule has 0 atom stereocenters.